The zero-order chi connectivity index (χ0) is 18.5. The molecule has 138 valence electrons. The van der Waals surface area contributed by atoms with Crippen molar-refractivity contribution in [1.29, 1.82) is 0 Å². The molecule has 1 unspecified atom stereocenters. The fourth-order valence-electron chi connectivity index (χ4n) is 2.85. The van der Waals surface area contributed by atoms with E-state index < -0.39 is 0 Å². The number of carbonyl (C=O) groups is 1. The summed E-state index contributed by atoms with van der Waals surface area (Å²) in [7, 11) is 0. The van der Waals surface area contributed by atoms with E-state index in [0.717, 1.165) is 23.1 Å². The standard InChI is InChI=1S/C19H19BrCl2N2O2/c20-14-3-1-13(2-4-14)18-12-24(9-10-26-18)8-7-19(25)23-17-11-15(21)5-6-16(17)22/h1-6,11,18H,7-10,12H2,(H,23,25). The molecule has 3 rings (SSSR count). The van der Waals surface area contributed by atoms with Crippen LogP contribution in [0.4, 0.5) is 5.69 Å². The van der Waals surface area contributed by atoms with Crippen LogP contribution in [-0.2, 0) is 9.53 Å². The molecule has 1 fully saturated rings. The number of ether oxygens (including phenoxy) is 1. The third-order valence-electron chi connectivity index (χ3n) is 4.25. The SMILES string of the molecule is O=C(CCN1CCOC(c2ccc(Br)cc2)C1)Nc1cc(Cl)ccc1Cl. The van der Waals surface area contributed by atoms with Crippen molar-refractivity contribution in [1.82, 2.24) is 4.90 Å². The molecule has 4 nitrogen and oxygen atoms in total. The minimum Gasteiger partial charge on any atom is -0.371 e. The normalized spacial score (nSPS) is 17.9. The van der Waals surface area contributed by atoms with Crippen LogP contribution in [0.3, 0.4) is 0 Å². The zero-order valence-corrected chi connectivity index (χ0v) is 17.1. The number of amides is 1. The number of nitrogens with zero attached hydrogens (tertiary/aromatic N) is 1. The highest BCUT2D eigenvalue weighted by Crippen LogP contribution is 2.26. The van der Waals surface area contributed by atoms with Crippen molar-refractivity contribution >= 4 is 50.7 Å². The van der Waals surface area contributed by atoms with Crippen LogP contribution in [0.15, 0.2) is 46.9 Å². The van der Waals surface area contributed by atoms with Crippen LogP contribution >= 0.6 is 39.1 Å². The molecule has 2 aromatic carbocycles. The Bertz CT molecular complexity index is 771. The summed E-state index contributed by atoms with van der Waals surface area (Å²) in [6, 6.07) is 13.2. The molecule has 0 aromatic heterocycles. The average Bonchev–Trinajstić information content (AvgIpc) is 2.64. The van der Waals surface area contributed by atoms with Gasteiger partial charge in [0.05, 0.1) is 23.4 Å². The van der Waals surface area contributed by atoms with Crippen molar-refractivity contribution in [2.75, 3.05) is 31.6 Å². The second-order valence-electron chi connectivity index (χ2n) is 6.13. The molecule has 1 heterocycles. The summed E-state index contributed by atoms with van der Waals surface area (Å²) in [5.41, 5.74) is 1.69. The van der Waals surface area contributed by atoms with E-state index in [0.29, 0.717) is 35.3 Å². The van der Waals surface area contributed by atoms with E-state index in [9.17, 15) is 4.79 Å². The molecule has 1 aliphatic rings. The number of benzene rings is 2. The van der Waals surface area contributed by atoms with Gasteiger partial charge >= 0.3 is 0 Å². The number of anilines is 1. The number of rotatable bonds is 5. The van der Waals surface area contributed by atoms with Gasteiger partial charge in [-0.3, -0.25) is 9.69 Å². The van der Waals surface area contributed by atoms with Gasteiger partial charge in [0.2, 0.25) is 5.91 Å². The summed E-state index contributed by atoms with van der Waals surface area (Å²) in [4.78, 5) is 14.5. The molecule has 7 heteroatoms. The fourth-order valence-corrected chi connectivity index (χ4v) is 3.45. The first kappa shape index (κ1) is 19.6. The van der Waals surface area contributed by atoms with Gasteiger partial charge in [-0.05, 0) is 35.9 Å². The van der Waals surface area contributed by atoms with E-state index in [1.165, 1.54) is 0 Å². The number of carbonyl (C=O) groups excluding carboxylic acids is 1. The molecule has 0 aliphatic carbocycles. The van der Waals surface area contributed by atoms with Crippen molar-refractivity contribution in [2.24, 2.45) is 0 Å². The first-order chi connectivity index (χ1) is 12.5. The second-order valence-corrected chi connectivity index (χ2v) is 7.89. The predicted octanol–water partition coefficient (Wildman–Crippen LogP) is 5.16. The van der Waals surface area contributed by atoms with Crippen molar-refractivity contribution in [3.05, 3.63) is 62.5 Å². The monoisotopic (exact) mass is 456 g/mol. The minimum atomic E-state index is -0.0825. The Morgan fingerprint density at radius 3 is 2.77 bits per heavy atom. The van der Waals surface area contributed by atoms with E-state index in [4.69, 9.17) is 27.9 Å². The smallest absolute Gasteiger partial charge is 0.225 e. The quantitative estimate of drug-likeness (QED) is 0.674. The Morgan fingerprint density at radius 2 is 2.00 bits per heavy atom. The molecule has 0 radical (unpaired) electrons. The lowest BCUT2D eigenvalue weighted by molar-refractivity contribution is -0.117. The maximum atomic E-state index is 12.2. The third-order valence-corrected chi connectivity index (χ3v) is 5.34. The molecule has 2 aromatic rings. The van der Waals surface area contributed by atoms with Crippen molar-refractivity contribution in [2.45, 2.75) is 12.5 Å². The molecule has 1 N–H and O–H groups in total. The average molecular weight is 458 g/mol. The molecule has 1 aliphatic heterocycles. The first-order valence-electron chi connectivity index (χ1n) is 8.35. The van der Waals surface area contributed by atoms with Gasteiger partial charge in [-0.25, -0.2) is 0 Å². The Hall–Kier alpha value is -1.11. The van der Waals surface area contributed by atoms with Crippen LogP contribution in [-0.4, -0.2) is 37.0 Å². The van der Waals surface area contributed by atoms with Gasteiger partial charge in [0.15, 0.2) is 0 Å². The Labute approximate surface area is 171 Å². The Balaban J connectivity index is 1.51. The molecule has 0 saturated carbocycles. The molecular formula is C19H19BrCl2N2O2. The lowest BCUT2D eigenvalue weighted by Gasteiger charge is -2.33. The summed E-state index contributed by atoms with van der Waals surface area (Å²) in [5, 5.41) is 3.83. The fraction of sp³-hybridized carbons (Fsp3) is 0.316. The summed E-state index contributed by atoms with van der Waals surface area (Å²) in [6.45, 7) is 2.91. The van der Waals surface area contributed by atoms with Crippen molar-refractivity contribution in [3.63, 3.8) is 0 Å². The van der Waals surface area contributed by atoms with E-state index in [1.807, 2.05) is 12.1 Å². The molecule has 0 bridgehead atoms. The minimum absolute atomic E-state index is 0.0299. The van der Waals surface area contributed by atoms with Gasteiger partial charge in [-0.1, -0.05) is 51.3 Å². The van der Waals surface area contributed by atoms with E-state index >= 15 is 0 Å². The number of hydrogen-bond donors (Lipinski definition) is 1. The van der Waals surface area contributed by atoms with Gasteiger partial charge in [0.1, 0.15) is 0 Å². The molecular weight excluding hydrogens is 439 g/mol. The highest BCUT2D eigenvalue weighted by Gasteiger charge is 2.22. The van der Waals surface area contributed by atoms with E-state index in [2.05, 4.69) is 38.3 Å². The summed E-state index contributed by atoms with van der Waals surface area (Å²) < 4.78 is 6.92. The van der Waals surface area contributed by atoms with Crippen LogP contribution in [0.1, 0.15) is 18.1 Å². The maximum absolute atomic E-state index is 12.2. The Kier molecular flexibility index (Phi) is 6.95. The van der Waals surface area contributed by atoms with Crippen molar-refractivity contribution in [3.8, 4) is 0 Å². The van der Waals surface area contributed by atoms with Crippen LogP contribution in [0.2, 0.25) is 10.0 Å². The van der Waals surface area contributed by atoms with E-state index in [1.54, 1.807) is 18.2 Å². The van der Waals surface area contributed by atoms with Gasteiger partial charge in [-0.2, -0.15) is 0 Å². The van der Waals surface area contributed by atoms with Crippen molar-refractivity contribution < 1.29 is 9.53 Å². The number of morpholine rings is 1. The van der Waals surface area contributed by atoms with Crippen LogP contribution in [0, 0.1) is 0 Å². The third kappa shape index (κ3) is 5.44. The van der Waals surface area contributed by atoms with Crippen LogP contribution in [0.25, 0.3) is 0 Å². The highest BCUT2D eigenvalue weighted by molar-refractivity contribution is 9.10. The van der Waals surface area contributed by atoms with Gasteiger partial charge in [0.25, 0.3) is 0 Å². The summed E-state index contributed by atoms with van der Waals surface area (Å²) >= 11 is 15.5. The highest BCUT2D eigenvalue weighted by atomic mass is 79.9. The first-order valence-corrected chi connectivity index (χ1v) is 9.90. The lowest BCUT2D eigenvalue weighted by Crippen LogP contribution is -2.39. The predicted molar refractivity (Wildman–Crippen MR) is 109 cm³/mol. The lowest BCUT2D eigenvalue weighted by atomic mass is 10.1. The van der Waals surface area contributed by atoms with Gasteiger partial charge in [-0.15, -0.1) is 0 Å². The molecule has 1 saturated heterocycles. The summed E-state index contributed by atoms with van der Waals surface area (Å²) in [5.74, 6) is -0.0825. The molecule has 0 spiro atoms. The largest absolute Gasteiger partial charge is 0.371 e. The number of halogens is 3. The topological polar surface area (TPSA) is 41.6 Å². The zero-order valence-electron chi connectivity index (χ0n) is 14.1. The summed E-state index contributed by atoms with van der Waals surface area (Å²) in [6.07, 6.45) is 0.415. The van der Waals surface area contributed by atoms with Gasteiger partial charge in [0, 0.05) is 35.6 Å². The van der Waals surface area contributed by atoms with Crippen LogP contribution < -0.4 is 5.32 Å². The van der Waals surface area contributed by atoms with Crippen LogP contribution in [0.5, 0.6) is 0 Å². The Morgan fingerprint density at radius 1 is 1.23 bits per heavy atom. The number of hydrogen-bond acceptors (Lipinski definition) is 3. The maximum Gasteiger partial charge on any atom is 0.225 e. The van der Waals surface area contributed by atoms with Gasteiger partial charge < -0.3 is 10.1 Å². The molecule has 26 heavy (non-hydrogen) atoms. The number of nitrogens with one attached hydrogen (secondary N) is 1. The van der Waals surface area contributed by atoms with E-state index in [-0.39, 0.29) is 12.0 Å². The molecule has 1 amide bonds. The molecule has 1 atom stereocenters. The second kappa shape index (κ2) is 9.20.